The third-order valence-corrected chi connectivity index (χ3v) is 6.71. The van der Waals surface area contributed by atoms with Crippen LogP contribution in [-0.4, -0.2) is 55.5 Å². The van der Waals surface area contributed by atoms with Crippen LogP contribution in [0.15, 0.2) is 35.7 Å². The number of hydrogen-bond acceptors (Lipinski definition) is 6. The minimum Gasteiger partial charge on any atom is -0.379 e. The Bertz CT molecular complexity index is 812. The Morgan fingerprint density at radius 1 is 1.20 bits per heavy atom. The van der Waals surface area contributed by atoms with Crippen molar-refractivity contribution in [3.63, 3.8) is 0 Å². The van der Waals surface area contributed by atoms with Crippen LogP contribution >= 0.6 is 11.3 Å². The van der Waals surface area contributed by atoms with E-state index >= 15 is 0 Å². The van der Waals surface area contributed by atoms with Gasteiger partial charge in [-0.3, -0.25) is 4.79 Å². The quantitative estimate of drug-likeness (QED) is 0.687. The smallest absolute Gasteiger partial charge is 0.214 e. The molecule has 2 aromatic rings. The Morgan fingerprint density at radius 3 is 2.64 bits per heavy atom. The monoisotopic (exact) mass is 380 g/mol. The summed E-state index contributed by atoms with van der Waals surface area (Å²) in [6.45, 7) is 1.52. The normalized spacial score (nSPS) is 16.0. The molecular weight excluding hydrogens is 360 g/mol. The number of nitrogens with zero attached hydrogens (tertiary/aromatic N) is 2. The van der Waals surface area contributed by atoms with Gasteiger partial charge in [0.2, 0.25) is 10.0 Å². The third kappa shape index (κ3) is 4.94. The summed E-state index contributed by atoms with van der Waals surface area (Å²) in [6, 6.07) is 9.90. The van der Waals surface area contributed by atoms with Gasteiger partial charge in [0, 0.05) is 31.3 Å². The Labute approximate surface area is 151 Å². The number of aromatic nitrogens is 1. The first-order chi connectivity index (χ1) is 12.0. The molecule has 3 rings (SSSR count). The van der Waals surface area contributed by atoms with Crippen LogP contribution in [0.3, 0.4) is 0 Å². The van der Waals surface area contributed by atoms with Gasteiger partial charge in [-0.05, 0) is 5.56 Å². The van der Waals surface area contributed by atoms with E-state index in [0.29, 0.717) is 38.4 Å². The van der Waals surface area contributed by atoms with Crippen LogP contribution in [0.25, 0.3) is 0 Å². The van der Waals surface area contributed by atoms with Crippen LogP contribution in [-0.2, 0) is 21.2 Å². The molecule has 0 atom stereocenters. The molecule has 0 unspecified atom stereocenters. The summed E-state index contributed by atoms with van der Waals surface area (Å²) in [4.78, 5) is 16.6. The molecule has 0 spiro atoms. The maximum absolute atomic E-state index is 12.3. The number of thiazole rings is 1. The van der Waals surface area contributed by atoms with Crippen LogP contribution in [0.2, 0.25) is 0 Å². The molecule has 0 N–H and O–H groups in total. The third-order valence-electron chi connectivity index (χ3n) is 3.99. The average molecular weight is 380 g/mol. The number of ether oxygens (including phenoxy) is 1. The molecule has 0 amide bonds. The summed E-state index contributed by atoms with van der Waals surface area (Å²) in [5.41, 5.74) is 1.49. The minimum absolute atomic E-state index is 0.0474. The van der Waals surface area contributed by atoms with Gasteiger partial charge in [-0.1, -0.05) is 30.3 Å². The molecule has 0 radical (unpaired) electrons. The minimum atomic E-state index is -3.42. The van der Waals surface area contributed by atoms with Crippen molar-refractivity contribution in [2.45, 2.75) is 12.8 Å². The number of rotatable bonds is 7. The topological polar surface area (TPSA) is 76.6 Å². The summed E-state index contributed by atoms with van der Waals surface area (Å²) >= 11 is 1.43. The molecule has 25 heavy (non-hydrogen) atoms. The standard InChI is InChI=1S/C17H20N2O4S2/c20-16(6-11-25(21,22)19-7-9-23-10-8-19)15-13-24-17(18-15)12-14-4-2-1-3-5-14/h1-5,13H,6-12H2. The molecular formula is C17H20N2O4S2. The van der Waals surface area contributed by atoms with E-state index in [9.17, 15) is 13.2 Å². The predicted octanol–water partition coefficient (Wildman–Crippen LogP) is 1.97. The van der Waals surface area contributed by atoms with E-state index in [1.165, 1.54) is 15.6 Å². The first-order valence-corrected chi connectivity index (χ1v) is 10.6. The second-order valence-electron chi connectivity index (χ2n) is 5.79. The number of sulfonamides is 1. The van der Waals surface area contributed by atoms with Gasteiger partial charge >= 0.3 is 0 Å². The molecule has 8 heteroatoms. The van der Waals surface area contributed by atoms with Crippen LogP contribution in [0, 0.1) is 0 Å². The number of ketones is 1. The number of Topliss-reactive ketones (excluding diaryl/α,β-unsaturated/α-hetero) is 1. The van der Waals surface area contributed by atoms with E-state index in [4.69, 9.17) is 4.74 Å². The van der Waals surface area contributed by atoms with Crippen molar-refractivity contribution < 1.29 is 17.9 Å². The number of carbonyl (C=O) groups excluding carboxylic acids is 1. The molecule has 1 aromatic carbocycles. The molecule has 1 fully saturated rings. The zero-order chi connectivity index (χ0) is 17.7. The van der Waals surface area contributed by atoms with Crippen LogP contribution in [0.1, 0.15) is 27.5 Å². The van der Waals surface area contributed by atoms with E-state index in [1.54, 1.807) is 5.38 Å². The van der Waals surface area contributed by atoms with Gasteiger partial charge < -0.3 is 4.74 Å². The van der Waals surface area contributed by atoms with Gasteiger partial charge in [-0.15, -0.1) is 11.3 Å². The fourth-order valence-electron chi connectivity index (χ4n) is 2.59. The van der Waals surface area contributed by atoms with Crippen molar-refractivity contribution in [1.82, 2.24) is 9.29 Å². The summed E-state index contributed by atoms with van der Waals surface area (Å²) in [5.74, 6) is -0.412. The van der Waals surface area contributed by atoms with Gasteiger partial charge in [0.15, 0.2) is 5.78 Å². The first kappa shape index (κ1) is 18.2. The highest BCUT2D eigenvalue weighted by atomic mass is 32.2. The lowest BCUT2D eigenvalue weighted by atomic mass is 10.2. The molecule has 6 nitrogen and oxygen atoms in total. The Balaban J connectivity index is 1.56. The van der Waals surface area contributed by atoms with Gasteiger partial charge in [-0.25, -0.2) is 13.4 Å². The van der Waals surface area contributed by atoms with Crippen LogP contribution < -0.4 is 0 Å². The Kier molecular flexibility index (Phi) is 5.95. The number of morpholine rings is 1. The average Bonchev–Trinajstić information content (AvgIpc) is 3.10. The van der Waals surface area contributed by atoms with E-state index < -0.39 is 10.0 Å². The molecule has 1 aliphatic heterocycles. The molecule has 0 saturated carbocycles. The summed E-state index contributed by atoms with van der Waals surface area (Å²) in [6.07, 6.45) is 0.624. The predicted molar refractivity (Wildman–Crippen MR) is 96.5 cm³/mol. The van der Waals surface area contributed by atoms with Gasteiger partial charge in [0.1, 0.15) is 5.69 Å². The second kappa shape index (κ2) is 8.18. The highest BCUT2D eigenvalue weighted by Gasteiger charge is 2.25. The Hall–Kier alpha value is -1.61. The van der Waals surface area contributed by atoms with Crippen molar-refractivity contribution in [2.75, 3.05) is 32.1 Å². The summed E-state index contributed by atoms with van der Waals surface area (Å²) in [7, 11) is -3.42. The van der Waals surface area contributed by atoms with Gasteiger partial charge in [0.05, 0.1) is 24.0 Å². The van der Waals surface area contributed by atoms with Crippen molar-refractivity contribution >= 4 is 27.1 Å². The lowest BCUT2D eigenvalue weighted by Crippen LogP contribution is -2.42. The molecule has 0 bridgehead atoms. The van der Waals surface area contributed by atoms with Gasteiger partial charge in [-0.2, -0.15) is 4.31 Å². The number of benzene rings is 1. The number of carbonyl (C=O) groups is 1. The van der Waals surface area contributed by atoms with Crippen molar-refractivity contribution in [1.29, 1.82) is 0 Å². The maximum Gasteiger partial charge on any atom is 0.214 e. The number of hydrogen-bond donors (Lipinski definition) is 0. The fraction of sp³-hybridized carbons (Fsp3) is 0.412. The Morgan fingerprint density at radius 2 is 1.92 bits per heavy atom. The fourth-order valence-corrected chi connectivity index (χ4v) is 4.83. The molecule has 1 aliphatic rings. The van der Waals surface area contributed by atoms with Gasteiger partial charge in [0.25, 0.3) is 0 Å². The lowest BCUT2D eigenvalue weighted by Gasteiger charge is -2.25. The van der Waals surface area contributed by atoms with Crippen LogP contribution in [0.4, 0.5) is 0 Å². The van der Waals surface area contributed by atoms with E-state index in [-0.39, 0.29) is 18.0 Å². The van der Waals surface area contributed by atoms with E-state index in [2.05, 4.69) is 4.98 Å². The molecule has 1 aromatic heterocycles. The SMILES string of the molecule is O=C(CCS(=O)(=O)N1CCOCC1)c1csc(Cc2ccccc2)n1. The molecule has 134 valence electrons. The van der Waals surface area contributed by atoms with E-state index in [1.807, 2.05) is 30.3 Å². The molecule has 1 saturated heterocycles. The molecule has 2 heterocycles. The maximum atomic E-state index is 12.3. The molecule has 0 aliphatic carbocycles. The first-order valence-electron chi connectivity index (χ1n) is 8.12. The summed E-state index contributed by atoms with van der Waals surface area (Å²) < 4.78 is 31.1. The van der Waals surface area contributed by atoms with Crippen molar-refractivity contribution in [3.8, 4) is 0 Å². The largest absolute Gasteiger partial charge is 0.379 e. The zero-order valence-electron chi connectivity index (χ0n) is 13.8. The second-order valence-corrected chi connectivity index (χ2v) is 8.82. The highest BCUT2D eigenvalue weighted by Crippen LogP contribution is 2.16. The van der Waals surface area contributed by atoms with Crippen molar-refractivity contribution in [2.24, 2.45) is 0 Å². The van der Waals surface area contributed by atoms with E-state index in [0.717, 1.165) is 10.6 Å². The zero-order valence-corrected chi connectivity index (χ0v) is 15.4. The highest BCUT2D eigenvalue weighted by molar-refractivity contribution is 7.89. The lowest BCUT2D eigenvalue weighted by molar-refractivity contribution is 0.0729. The van der Waals surface area contributed by atoms with Crippen molar-refractivity contribution in [3.05, 3.63) is 52.0 Å². The summed E-state index contributed by atoms with van der Waals surface area (Å²) in [5, 5.41) is 2.56. The van der Waals surface area contributed by atoms with Crippen LogP contribution in [0.5, 0.6) is 0 Å².